The molecule has 0 heterocycles. The number of nitrogens with one attached hydrogen (secondary N) is 1. The van der Waals surface area contributed by atoms with Crippen molar-refractivity contribution in [3.8, 4) is 0 Å². The highest BCUT2D eigenvalue weighted by Gasteiger charge is 2.30. The van der Waals surface area contributed by atoms with Crippen molar-refractivity contribution in [1.82, 2.24) is 5.32 Å². The molecule has 9 nitrogen and oxygen atoms in total. The second-order valence-corrected chi connectivity index (χ2v) is 23.0. The lowest BCUT2D eigenvalue weighted by atomic mass is 10.0. The van der Waals surface area contributed by atoms with Gasteiger partial charge in [0.2, 0.25) is 5.91 Å². The van der Waals surface area contributed by atoms with Crippen molar-refractivity contribution >= 4 is 19.7 Å². The first-order valence-electron chi connectivity index (χ1n) is 30.7. The van der Waals surface area contributed by atoms with Crippen LogP contribution in [-0.4, -0.2) is 74.3 Å². The number of likely N-dealkylation sites (N-methyl/N-ethyl adjacent to an activating group) is 1. The van der Waals surface area contributed by atoms with E-state index in [0.29, 0.717) is 23.9 Å². The highest BCUT2D eigenvalue weighted by molar-refractivity contribution is 7.47. The number of phosphoric acid groups is 1. The number of quaternary nitrogens is 1. The van der Waals surface area contributed by atoms with E-state index in [-0.39, 0.29) is 31.5 Å². The average molecular weight is 1080 g/mol. The number of hydrogen-bond donors (Lipinski definition) is 2. The number of ether oxygens (including phenoxy) is 1. The van der Waals surface area contributed by atoms with Crippen molar-refractivity contribution in [2.24, 2.45) is 0 Å². The summed E-state index contributed by atoms with van der Waals surface area (Å²) in [7, 11) is 1.46. The van der Waals surface area contributed by atoms with Crippen LogP contribution in [0.4, 0.5) is 0 Å². The molecular formula is C66H116N2O7P+. The van der Waals surface area contributed by atoms with Crippen LogP contribution in [0, 0.1) is 0 Å². The Kier molecular flexibility index (Phi) is 52.6. The first-order chi connectivity index (χ1) is 36.9. The average Bonchev–Trinajstić information content (AvgIpc) is 3.38. The maximum Gasteiger partial charge on any atom is 0.472 e. The molecule has 0 aromatic carbocycles. The second kappa shape index (κ2) is 55.0. The van der Waals surface area contributed by atoms with Crippen molar-refractivity contribution in [3.05, 3.63) is 109 Å². The summed E-state index contributed by atoms with van der Waals surface area (Å²) in [6, 6.07) is -0.872. The molecule has 76 heavy (non-hydrogen) atoms. The molecule has 0 spiro atoms. The van der Waals surface area contributed by atoms with E-state index in [4.69, 9.17) is 13.8 Å². The van der Waals surface area contributed by atoms with Crippen LogP contribution >= 0.6 is 7.82 Å². The number of amides is 1. The lowest BCUT2D eigenvalue weighted by Crippen LogP contribution is -2.47. The first kappa shape index (κ1) is 72.7. The van der Waals surface area contributed by atoms with E-state index in [2.05, 4.69) is 123 Å². The minimum absolute atomic E-state index is 0.0279. The van der Waals surface area contributed by atoms with Gasteiger partial charge in [0.05, 0.1) is 33.8 Å². The number of nitrogens with zero attached hydrogens (tertiary/aromatic N) is 1. The fourth-order valence-electron chi connectivity index (χ4n) is 8.23. The molecule has 10 heteroatoms. The molecule has 0 radical (unpaired) electrons. The van der Waals surface area contributed by atoms with Crippen LogP contribution in [0.15, 0.2) is 109 Å². The number of allylic oxidation sites excluding steroid dienone is 17. The van der Waals surface area contributed by atoms with Crippen molar-refractivity contribution in [2.75, 3.05) is 40.9 Å². The standard InChI is InChI=1S/C66H115N2O7P/c1-7-10-13-16-19-22-25-28-30-31-32-33-34-35-36-37-39-41-44-47-50-53-56-59-66(70)75-64(57-54-51-48-45-42-27-24-21-18-15-12-9-3)63(62-74-76(71,72)73-61-60-68(4,5)6)67-65(69)58-55-52-49-46-43-40-38-29-26-23-20-17-14-11-8-2/h10,13,19-20,22-23,26,28-30,32-33,35-36,39,41,54,57,63-64H,7-9,11-12,14-18,21,24-25,27,31,34,37-38,40,42-53,55-56,58-62H2,1-6H3,(H-,67,69,71,72)/p+1/b13-10-,22-19-,23-20+,29-26+,30-28-,33-32-,36-35-,41-39-,57-54-. The SMILES string of the molecule is CC/C=C\C/C=C\C/C=C\C/C=C\C/C=C\C/C=C\CCCCCCC(=O)OC(/C=C\CCCCCCCCCCCC)C(COP(=O)(O)OCC[N+](C)(C)C)NC(=O)CCCCCCCC/C=C/C=C/CCCCC. The molecule has 0 aliphatic carbocycles. The van der Waals surface area contributed by atoms with Gasteiger partial charge >= 0.3 is 13.8 Å². The van der Waals surface area contributed by atoms with E-state index in [9.17, 15) is 19.0 Å². The molecule has 0 aromatic rings. The van der Waals surface area contributed by atoms with Gasteiger partial charge in [0.15, 0.2) is 0 Å². The summed E-state index contributed by atoms with van der Waals surface area (Å²) in [5.74, 6) is -0.554. The lowest BCUT2D eigenvalue weighted by molar-refractivity contribution is -0.870. The van der Waals surface area contributed by atoms with Gasteiger partial charge in [-0.15, -0.1) is 0 Å². The fraction of sp³-hybridized carbons (Fsp3) is 0.697. The smallest absolute Gasteiger partial charge is 0.456 e. The summed E-state index contributed by atoms with van der Waals surface area (Å²) in [5.41, 5.74) is 0. The maximum absolute atomic E-state index is 13.5. The van der Waals surface area contributed by atoms with Crippen LogP contribution in [0.1, 0.15) is 245 Å². The largest absolute Gasteiger partial charge is 0.472 e. The van der Waals surface area contributed by atoms with Crippen LogP contribution < -0.4 is 5.32 Å². The van der Waals surface area contributed by atoms with Crippen molar-refractivity contribution in [3.63, 3.8) is 0 Å². The van der Waals surface area contributed by atoms with Crippen LogP contribution in [0.2, 0.25) is 0 Å². The quantitative estimate of drug-likeness (QED) is 0.0156. The lowest BCUT2D eigenvalue weighted by Gasteiger charge is -2.27. The minimum atomic E-state index is -4.46. The monoisotopic (exact) mass is 1080 g/mol. The first-order valence-corrected chi connectivity index (χ1v) is 32.2. The molecule has 436 valence electrons. The summed E-state index contributed by atoms with van der Waals surface area (Å²) in [6.45, 7) is 6.83. The van der Waals surface area contributed by atoms with E-state index in [1.165, 1.54) is 70.6 Å². The molecule has 0 bridgehead atoms. The van der Waals surface area contributed by atoms with Crippen LogP contribution in [0.3, 0.4) is 0 Å². The summed E-state index contributed by atoms with van der Waals surface area (Å²) in [6.07, 6.45) is 75.1. The Bertz CT molecular complexity index is 1670. The Morgan fingerprint density at radius 3 is 1.37 bits per heavy atom. The third-order valence-corrected chi connectivity index (χ3v) is 14.0. The van der Waals surface area contributed by atoms with Gasteiger partial charge in [-0.3, -0.25) is 18.6 Å². The molecule has 0 aliphatic heterocycles. The third kappa shape index (κ3) is 55.4. The Morgan fingerprint density at radius 1 is 0.487 bits per heavy atom. The summed E-state index contributed by atoms with van der Waals surface area (Å²) < 4.78 is 30.6. The van der Waals surface area contributed by atoms with Crippen LogP contribution in [0.25, 0.3) is 0 Å². The molecule has 0 aliphatic rings. The van der Waals surface area contributed by atoms with Gasteiger partial charge in [-0.1, -0.05) is 233 Å². The van der Waals surface area contributed by atoms with Gasteiger partial charge in [-0.05, 0) is 109 Å². The molecule has 3 unspecified atom stereocenters. The Labute approximate surface area is 468 Å². The van der Waals surface area contributed by atoms with Gasteiger partial charge in [-0.2, -0.15) is 0 Å². The van der Waals surface area contributed by atoms with Crippen molar-refractivity contribution in [2.45, 2.75) is 258 Å². The Morgan fingerprint density at radius 2 is 0.882 bits per heavy atom. The fourth-order valence-corrected chi connectivity index (χ4v) is 8.96. The highest BCUT2D eigenvalue weighted by Crippen LogP contribution is 2.43. The summed E-state index contributed by atoms with van der Waals surface area (Å²) in [5, 5.41) is 3.04. The van der Waals surface area contributed by atoms with E-state index in [1.54, 1.807) is 0 Å². The van der Waals surface area contributed by atoms with Crippen molar-refractivity contribution in [1.29, 1.82) is 0 Å². The second-order valence-electron chi connectivity index (χ2n) is 21.5. The third-order valence-electron chi connectivity index (χ3n) is 13.0. The molecule has 0 saturated heterocycles. The zero-order valence-electron chi connectivity index (χ0n) is 49.7. The molecule has 0 aromatic heterocycles. The topological polar surface area (TPSA) is 111 Å². The predicted molar refractivity (Wildman–Crippen MR) is 327 cm³/mol. The van der Waals surface area contributed by atoms with Gasteiger partial charge in [0, 0.05) is 12.8 Å². The molecule has 0 rings (SSSR count). The number of rotatable bonds is 54. The zero-order chi connectivity index (χ0) is 55.7. The Hall–Kier alpha value is -3.33. The molecule has 2 N–H and O–H groups in total. The molecule has 1 amide bonds. The molecule has 0 saturated carbocycles. The van der Waals surface area contributed by atoms with Gasteiger partial charge in [0.1, 0.15) is 19.3 Å². The van der Waals surface area contributed by atoms with Crippen molar-refractivity contribution < 1.29 is 37.3 Å². The van der Waals surface area contributed by atoms with E-state index < -0.39 is 20.0 Å². The number of carbonyl (C=O) groups excluding carboxylic acids is 2. The van der Waals surface area contributed by atoms with E-state index in [0.717, 1.165) is 135 Å². The predicted octanol–water partition coefficient (Wildman–Crippen LogP) is 18.9. The number of phosphoric ester groups is 1. The zero-order valence-corrected chi connectivity index (χ0v) is 50.6. The number of hydrogen-bond acceptors (Lipinski definition) is 6. The maximum atomic E-state index is 13.5. The molecular weight excluding hydrogens is 964 g/mol. The number of esters is 1. The van der Waals surface area contributed by atoms with E-state index >= 15 is 0 Å². The van der Waals surface area contributed by atoms with E-state index in [1.807, 2.05) is 33.3 Å². The molecule has 3 atom stereocenters. The van der Waals surface area contributed by atoms with Crippen LogP contribution in [0.5, 0.6) is 0 Å². The van der Waals surface area contributed by atoms with Gasteiger partial charge < -0.3 is 19.4 Å². The number of unbranched alkanes of at least 4 members (excludes halogenated alkanes) is 23. The number of carbonyl (C=O) groups is 2. The minimum Gasteiger partial charge on any atom is -0.456 e. The van der Waals surface area contributed by atoms with Crippen LogP contribution in [-0.2, 0) is 27.9 Å². The van der Waals surface area contributed by atoms with Gasteiger partial charge in [0.25, 0.3) is 0 Å². The highest BCUT2D eigenvalue weighted by atomic mass is 31.2. The summed E-state index contributed by atoms with van der Waals surface area (Å²) in [4.78, 5) is 37.7. The Balaban J connectivity index is 5.32. The molecule has 0 fully saturated rings. The normalized spacial score (nSPS) is 14.5. The summed E-state index contributed by atoms with van der Waals surface area (Å²) >= 11 is 0. The van der Waals surface area contributed by atoms with Gasteiger partial charge in [-0.25, -0.2) is 4.57 Å².